The Kier molecular flexibility index (Phi) is 17.5. The van der Waals surface area contributed by atoms with E-state index in [-0.39, 0.29) is 29.6 Å². The van der Waals surface area contributed by atoms with Gasteiger partial charge < -0.3 is 39.2 Å². The maximum atomic E-state index is 13.8. The van der Waals surface area contributed by atoms with Crippen LogP contribution in [-0.2, 0) is 52.4 Å². The standard InChI is InChI=1S/C32H29NO4.C24H22O4.C9H10O/c1-22(2)26-16-27(32(35)33-18-25-14-9-15-29(34)28(25)19-33)31(37-21-24-12-7-4-8-13-24)17-30(26)36-20-23-10-5-3-6-11-23;1-17(2)20-13-21(24(25)26)23(28-16-19-11-7-4-8-12-19)14-22(20)27-15-18-9-5-3-6-10-18;10-9-6-2-4-7-3-1-5-8(7)9/h3-17,34H,1,18-21H2,2H3;3-14H,1,15-16H2,2H3,(H,25,26);2,4,6,10H,1,3,5H2. The molecule has 3 N–H and O–H groups in total. The van der Waals surface area contributed by atoms with E-state index in [9.17, 15) is 24.9 Å². The molecule has 0 saturated heterocycles. The molecule has 0 saturated carbocycles. The predicted molar refractivity (Wildman–Crippen MR) is 294 cm³/mol. The average Bonchev–Trinajstić information content (AvgIpc) is 4.12. The van der Waals surface area contributed by atoms with Crippen LogP contribution >= 0.6 is 0 Å². The van der Waals surface area contributed by atoms with Crippen LogP contribution in [0.3, 0.4) is 0 Å². The maximum absolute atomic E-state index is 13.8. The molecule has 2 aliphatic rings. The topological polar surface area (TPSA) is 135 Å². The van der Waals surface area contributed by atoms with E-state index in [1.54, 1.807) is 41.3 Å². The number of phenols is 2. The van der Waals surface area contributed by atoms with Crippen LogP contribution in [0.1, 0.15) is 96.6 Å². The van der Waals surface area contributed by atoms with Crippen LogP contribution in [0, 0.1) is 0 Å². The molecule has 0 unspecified atom stereocenters. The molecule has 0 bridgehead atoms. The monoisotopic (exact) mass is 999 g/mol. The normalized spacial score (nSPS) is 11.9. The Balaban J connectivity index is 0.000000172. The van der Waals surface area contributed by atoms with E-state index >= 15 is 0 Å². The Hall–Kier alpha value is -9.02. The molecule has 1 aliphatic carbocycles. The summed E-state index contributed by atoms with van der Waals surface area (Å²) in [5, 5.41) is 29.2. The van der Waals surface area contributed by atoms with Crippen molar-refractivity contribution in [2.75, 3.05) is 0 Å². The van der Waals surface area contributed by atoms with Gasteiger partial charge in [-0.25, -0.2) is 4.79 Å². The third kappa shape index (κ3) is 13.7. The Morgan fingerprint density at radius 3 is 1.24 bits per heavy atom. The van der Waals surface area contributed by atoms with Gasteiger partial charge in [-0.05, 0) is 107 Å². The lowest BCUT2D eigenvalue weighted by Gasteiger charge is -2.21. The fourth-order valence-corrected chi connectivity index (χ4v) is 8.86. The number of carbonyl (C=O) groups excluding carboxylic acids is 1. The summed E-state index contributed by atoms with van der Waals surface area (Å²) in [4.78, 5) is 27.3. The second kappa shape index (κ2) is 25.1. The zero-order valence-corrected chi connectivity index (χ0v) is 42.3. The number of hydrogen-bond acceptors (Lipinski definition) is 8. The third-order valence-electron chi connectivity index (χ3n) is 12.9. The zero-order valence-electron chi connectivity index (χ0n) is 42.3. The van der Waals surface area contributed by atoms with E-state index < -0.39 is 5.97 Å². The SMILES string of the molecule is C=C(C)c1cc(C(=O)N2Cc3cccc(O)c3C2)c(OCc2ccccc2)cc1OCc1ccccc1.C=C(C)c1cc(C(=O)O)c(OCc2ccccc2)cc1OCc1ccccc1.Oc1cccc2c1CCC2. The molecular weight excluding hydrogens is 939 g/mol. The number of ether oxygens (including phenoxy) is 4. The molecule has 0 radical (unpaired) electrons. The van der Waals surface area contributed by atoms with Crippen molar-refractivity contribution in [2.24, 2.45) is 0 Å². The van der Waals surface area contributed by atoms with Gasteiger partial charge in [-0.15, -0.1) is 0 Å². The second-order valence-electron chi connectivity index (χ2n) is 18.5. The zero-order chi connectivity index (χ0) is 52.7. The summed E-state index contributed by atoms with van der Waals surface area (Å²) in [5.74, 6) is 1.33. The molecule has 10 rings (SSSR count). The number of nitrogens with zero attached hydrogens (tertiary/aromatic N) is 1. The summed E-state index contributed by atoms with van der Waals surface area (Å²) in [6.07, 6.45) is 3.40. The van der Waals surface area contributed by atoms with Crippen LogP contribution < -0.4 is 18.9 Å². The fraction of sp³-hybridized carbons (Fsp3) is 0.169. The number of rotatable bonds is 16. The van der Waals surface area contributed by atoms with Crippen LogP contribution in [-0.4, -0.2) is 32.1 Å². The highest BCUT2D eigenvalue weighted by molar-refractivity contribution is 5.99. The molecule has 1 aliphatic heterocycles. The van der Waals surface area contributed by atoms with Crippen molar-refractivity contribution in [1.29, 1.82) is 0 Å². The van der Waals surface area contributed by atoms with Gasteiger partial charge >= 0.3 is 5.97 Å². The van der Waals surface area contributed by atoms with Crippen molar-refractivity contribution in [3.8, 4) is 34.5 Å². The number of phenolic OH excluding ortho intramolecular Hbond substituents is 2. The largest absolute Gasteiger partial charge is 0.508 e. The first kappa shape index (κ1) is 52.3. The highest BCUT2D eigenvalue weighted by Crippen LogP contribution is 2.38. The van der Waals surface area contributed by atoms with Crippen LogP contribution in [0.2, 0.25) is 0 Å². The smallest absolute Gasteiger partial charge is 0.339 e. The second-order valence-corrected chi connectivity index (χ2v) is 18.5. The van der Waals surface area contributed by atoms with Crippen molar-refractivity contribution in [2.45, 2.75) is 72.6 Å². The van der Waals surface area contributed by atoms with Gasteiger partial charge in [0.05, 0.1) is 12.1 Å². The molecule has 75 heavy (non-hydrogen) atoms. The number of hydrogen-bond donors (Lipinski definition) is 3. The minimum atomic E-state index is -1.06. The number of benzene rings is 8. The van der Waals surface area contributed by atoms with E-state index in [2.05, 4.69) is 19.2 Å². The van der Waals surface area contributed by atoms with Crippen LogP contribution in [0.4, 0.5) is 0 Å². The molecule has 1 amide bonds. The van der Waals surface area contributed by atoms with E-state index in [1.165, 1.54) is 17.5 Å². The van der Waals surface area contributed by atoms with Crippen molar-refractivity contribution in [3.05, 3.63) is 262 Å². The minimum Gasteiger partial charge on any atom is -0.508 e. The van der Waals surface area contributed by atoms with Gasteiger partial charge in [-0.1, -0.05) is 159 Å². The van der Waals surface area contributed by atoms with Gasteiger partial charge in [0, 0.05) is 35.4 Å². The fourth-order valence-electron chi connectivity index (χ4n) is 8.86. The number of fused-ring (bicyclic) bond motifs is 2. The van der Waals surface area contributed by atoms with Crippen LogP contribution in [0.15, 0.2) is 195 Å². The average molecular weight is 1000 g/mol. The lowest BCUT2D eigenvalue weighted by molar-refractivity contribution is 0.0690. The van der Waals surface area contributed by atoms with E-state index in [1.807, 2.05) is 153 Å². The molecule has 0 aromatic heterocycles. The van der Waals surface area contributed by atoms with E-state index in [4.69, 9.17) is 18.9 Å². The molecule has 380 valence electrons. The number of carboxylic acids is 1. The first-order valence-corrected chi connectivity index (χ1v) is 24.9. The molecule has 10 heteroatoms. The van der Waals surface area contributed by atoms with Crippen molar-refractivity contribution < 1.29 is 43.9 Å². The summed E-state index contributed by atoms with van der Waals surface area (Å²) < 4.78 is 24.2. The van der Waals surface area contributed by atoms with Gasteiger partial charge in [0.2, 0.25) is 0 Å². The van der Waals surface area contributed by atoms with Crippen molar-refractivity contribution >= 4 is 23.0 Å². The lowest BCUT2D eigenvalue weighted by atomic mass is 10.0. The molecule has 8 aromatic rings. The Morgan fingerprint density at radius 2 is 0.840 bits per heavy atom. The Labute approximate surface area is 439 Å². The number of carboxylic acid groups (broad SMARTS) is 1. The van der Waals surface area contributed by atoms with Crippen LogP contribution in [0.25, 0.3) is 11.1 Å². The van der Waals surface area contributed by atoms with Gasteiger partial charge in [0.15, 0.2) is 0 Å². The molecule has 8 aromatic carbocycles. The highest BCUT2D eigenvalue weighted by Gasteiger charge is 2.29. The number of carbonyl (C=O) groups is 2. The highest BCUT2D eigenvalue weighted by atomic mass is 16.5. The number of aromatic hydroxyl groups is 2. The van der Waals surface area contributed by atoms with E-state index in [0.717, 1.165) is 62.9 Å². The molecule has 0 spiro atoms. The first-order valence-electron chi connectivity index (χ1n) is 24.9. The number of aryl methyl sites for hydroxylation is 1. The van der Waals surface area contributed by atoms with Gasteiger partial charge in [0.25, 0.3) is 5.91 Å². The predicted octanol–water partition coefficient (Wildman–Crippen LogP) is 14.2. The molecule has 0 atom stereocenters. The first-order chi connectivity index (χ1) is 36.4. The Bertz CT molecular complexity index is 3190. The lowest BCUT2D eigenvalue weighted by Crippen LogP contribution is -2.26. The van der Waals surface area contributed by atoms with Crippen LogP contribution in [0.5, 0.6) is 34.5 Å². The number of aromatic carboxylic acids is 1. The molecular formula is C65H61NO9. The van der Waals surface area contributed by atoms with Crippen molar-refractivity contribution in [3.63, 3.8) is 0 Å². The summed E-state index contributed by atoms with van der Waals surface area (Å²) in [5.41, 5.74) is 11.7. The molecule has 0 fully saturated rings. The molecule has 10 nitrogen and oxygen atoms in total. The minimum absolute atomic E-state index is 0.0843. The third-order valence-corrected chi connectivity index (χ3v) is 12.9. The van der Waals surface area contributed by atoms with Gasteiger partial charge in [-0.3, -0.25) is 4.79 Å². The summed E-state index contributed by atoms with van der Waals surface area (Å²) >= 11 is 0. The van der Waals surface area contributed by atoms with Gasteiger partial charge in [0.1, 0.15) is 66.5 Å². The number of allylic oxidation sites excluding steroid dienone is 2. The summed E-state index contributed by atoms with van der Waals surface area (Å²) in [7, 11) is 0. The quantitative estimate of drug-likeness (QED) is 0.0865. The maximum Gasteiger partial charge on any atom is 0.339 e. The van der Waals surface area contributed by atoms with Crippen molar-refractivity contribution in [1.82, 2.24) is 4.90 Å². The summed E-state index contributed by atoms with van der Waals surface area (Å²) in [6, 6.07) is 57.1. The Morgan fingerprint density at radius 1 is 0.453 bits per heavy atom. The molecule has 1 heterocycles. The van der Waals surface area contributed by atoms with E-state index in [0.29, 0.717) is 67.0 Å². The summed E-state index contributed by atoms with van der Waals surface area (Å²) in [6.45, 7) is 13.9. The van der Waals surface area contributed by atoms with Gasteiger partial charge in [-0.2, -0.15) is 0 Å². The number of amides is 1.